The molecule has 6 heterocycles. The number of fused-ring (bicyclic) bond motifs is 2. The summed E-state index contributed by atoms with van der Waals surface area (Å²) in [4.78, 5) is 64.9. The third-order valence-electron chi connectivity index (χ3n) is 13.1. The number of aromatic amines is 1. The Kier molecular flexibility index (Phi) is 11.6. The Labute approximate surface area is 364 Å². The molecule has 0 spiro atoms. The summed E-state index contributed by atoms with van der Waals surface area (Å²) in [5, 5.41) is 2.75. The Balaban J connectivity index is 0.781. The molecule has 3 saturated heterocycles. The van der Waals surface area contributed by atoms with Crippen molar-refractivity contribution in [3.63, 3.8) is 0 Å². The Hall–Kier alpha value is -6.00. The quantitative estimate of drug-likeness (QED) is 0.0909. The fourth-order valence-electron chi connectivity index (χ4n) is 9.71. The second kappa shape index (κ2) is 17.3. The summed E-state index contributed by atoms with van der Waals surface area (Å²) in [6.45, 7) is 7.06. The Bertz CT molecular complexity index is 2730. The first-order chi connectivity index (χ1) is 30.4. The molecule has 3 amide bonds. The average Bonchev–Trinajstić information content (AvgIpc) is 3.85. The molecule has 5 aromatic rings. The van der Waals surface area contributed by atoms with Crippen LogP contribution in [-0.4, -0.2) is 96.2 Å². The molecule has 1 atom stereocenters. The van der Waals surface area contributed by atoms with E-state index in [9.17, 15) is 32.0 Å². The number of benzene rings is 3. The van der Waals surface area contributed by atoms with E-state index in [0.29, 0.717) is 47.8 Å². The van der Waals surface area contributed by atoms with Gasteiger partial charge >= 0.3 is 0 Å². The van der Waals surface area contributed by atoms with Crippen molar-refractivity contribution in [2.75, 3.05) is 48.1 Å². The van der Waals surface area contributed by atoms with Crippen molar-refractivity contribution >= 4 is 55.9 Å². The van der Waals surface area contributed by atoms with Crippen LogP contribution in [0.2, 0.25) is 0 Å². The van der Waals surface area contributed by atoms with E-state index < -0.39 is 50.6 Å². The first-order valence-corrected chi connectivity index (χ1v) is 23.4. The maximum Gasteiger partial charge on any atom is 0.255 e. The summed E-state index contributed by atoms with van der Waals surface area (Å²) >= 11 is 0. The van der Waals surface area contributed by atoms with Crippen molar-refractivity contribution in [1.82, 2.24) is 25.1 Å². The van der Waals surface area contributed by atoms with Crippen LogP contribution in [0.25, 0.3) is 22.2 Å². The van der Waals surface area contributed by atoms with E-state index in [0.717, 1.165) is 92.9 Å². The number of carbonyl (C=O) groups is 4. The second-order valence-corrected chi connectivity index (χ2v) is 19.1. The third kappa shape index (κ3) is 8.57. The summed E-state index contributed by atoms with van der Waals surface area (Å²) in [7, 11) is -3.89. The van der Waals surface area contributed by atoms with Crippen molar-refractivity contribution in [3.8, 4) is 11.1 Å². The predicted molar refractivity (Wildman–Crippen MR) is 235 cm³/mol. The van der Waals surface area contributed by atoms with Gasteiger partial charge in [0.15, 0.2) is 5.82 Å². The summed E-state index contributed by atoms with van der Waals surface area (Å²) < 4.78 is 57.3. The van der Waals surface area contributed by atoms with Crippen LogP contribution in [0.3, 0.4) is 0 Å². The maximum absolute atomic E-state index is 15.5. The minimum Gasteiger partial charge on any atom is -0.372 e. The number of hydrogen-bond acceptors (Lipinski definition) is 9. The van der Waals surface area contributed by atoms with E-state index in [1.54, 1.807) is 24.1 Å². The Morgan fingerprint density at radius 2 is 1.67 bits per heavy atom. The number of piperidine rings is 3. The summed E-state index contributed by atoms with van der Waals surface area (Å²) in [5.74, 6) is -3.38. The average molecular weight is 878 g/mol. The van der Waals surface area contributed by atoms with Crippen molar-refractivity contribution in [2.24, 2.45) is 5.92 Å². The van der Waals surface area contributed by atoms with E-state index >= 15 is 4.39 Å². The molecule has 4 aliphatic rings. The molecule has 328 valence electrons. The number of aromatic nitrogens is 2. The molecule has 0 aliphatic carbocycles. The lowest BCUT2D eigenvalue weighted by atomic mass is 9.87. The minimum absolute atomic E-state index is 0.00832. The SMILES string of the molecule is CCCS(=O)(=O)Nc1ccc(F)c(C(=O)c2c[nH]c3ncc(-c4ccc(N5CCC(CN6CCC(c7ccc8c(c7)CN([C@@H]7CCC(=O)NC7=O)C8=O)CC6)CC5)cc4)cc23)c1F. The van der Waals surface area contributed by atoms with Gasteiger partial charge in [-0.3, -0.25) is 29.2 Å². The van der Waals surface area contributed by atoms with Crippen LogP contribution >= 0.6 is 0 Å². The van der Waals surface area contributed by atoms with E-state index in [1.165, 1.54) is 11.8 Å². The van der Waals surface area contributed by atoms with Crippen molar-refractivity contribution < 1.29 is 36.4 Å². The summed E-state index contributed by atoms with van der Waals surface area (Å²) in [6.07, 6.45) is 8.20. The van der Waals surface area contributed by atoms with Gasteiger partial charge in [-0.2, -0.15) is 0 Å². The number of amides is 3. The number of carbonyl (C=O) groups excluding carboxylic acids is 4. The highest BCUT2D eigenvalue weighted by Gasteiger charge is 2.39. The fraction of sp³-hybridized carbons (Fsp3) is 0.383. The molecular formula is C47H49F2N7O6S. The maximum atomic E-state index is 15.5. The van der Waals surface area contributed by atoms with Crippen LogP contribution in [0.5, 0.6) is 0 Å². The molecule has 3 fully saturated rings. The summed E-state index contributed by atoms with van der Waals surface area (Å²) in [5.41, 5.74) is 4.57. The first-order valence-electron chi connectivity index (χ1n) is 21.7. The van der Waals surface area contributed by atoms with Gasteiger partial charge in [-0.15, -0.1) is 0 Å². The van der Waals surface area contributed by atoms with E-state index in [1.807, 2.05) is 18.2 Å². The molecule has 9 rings (SSSR count). The van der Waals surface area contributed by atoms with E-state index in [2.05, 4.69) is 54.1 Å². The Morgan fingerprint density at radius 3 is 2.40 bits per heavy atom. The molecule has 0 radical (unpaired) electrons. The van der Waals surface area contributed by atoms with Gasteiger partial charge in [0.2, 0.25) is 27.6 Å². The minimum atomic E-state index is -3.89. The molecular weight excluding hydrogens is 829 g/mol. The molecule has 63 heavy (non-hydrogen) atoms. The number of nitrogens with zero attached hydrogens (tertiary/aromatic N) is 4. The van der Waals surface area contributed by atoms with Gasteiger partial charge in [0, 0.05) is 72.8 Å². The number of nitrogens with one attached hydrogen (secondary N) is 3. The third-order valence-corrected chi connectivity index (χ3v) is 14.6. The number of hydrogen-bond donors (Lipinski definition) is 3. The van der Waals surface area contributed by atoms with Crippen LogP contribution < -0.4 is 14.9 Å². The largest absolute Gasteiger partial charge is 0.372 e. The lowest BCUT2D eigenvalue weighted by Crippen LogP contribution is -2.52. The topological polar surface area (TPSA) is 165 Å². The zero-order chi connectivity index (χ0) is 44.0. The highest BCUT2D eigenvalue weighted by Crippen LogP contribution is 2.36. The van der Waals surface area contributed by atoms with E-state index in [-0.39, 0.29) is 29.6 Å². The highest BCUT2D eigenvalue weighted by molar-refractivity contribution is 7.92. The van der Waals surface area contributed by atoms with Gasteiger partial charge in [0.1, 0.15) is 17.5 Å². The van der Waals surface area contributed by atoms with Crippen LogP contribution in [0.15, 0.2) is 73.1 Å². The highest BCUT2D eigenvalue weighted by atomic mass is 32.2. The molecule has 0 saturated carbocycles. The van der Waals surface area contributed by atoms with Gasteiger partial charge in [-0.25, -0.2) is 22.2 Å². The van der Waals surface area contributed by atoms with Gasteiger partial charge in [-0.1, -0.05) is 31.2 Å². The second-order valence-electron chi connectivity index (χ2n) is 17.2. The lowest BCUT2D eigenvalue weighted by molar-refractivity contribution is -0.136. The predicted octanol–water partition coefficient (Wildman–Crippen LogP) is 6.75. The van der Waals surface area contributed by atoms with Crippen molar-refractivity contribution in [3.05, 3.63) is 113 Å². The van der Waals surface area contributed by atoms with Gasteiger partial charge in [-0.05, 0) is 117 Å². The molecule has 3 aromatic carbocycles. The smallest absolute Gasteiger partial charge is 0.255 e. The lowest BCUT2D eigenvalue weighted by Gasteiger charge is -2.38. The number of rotatable bonds is 12. The van der Waals surface area contributed by atoms with Crippen molar-refractivity contribution in [1.29, 1.82) is 0 Å². The number of halogens is 2. The van der Waals surface area contributed by atoms with Crippen LogP contribution in [-0.2, 0) is 26.2 Å². The zero-order valence-corrected chi connectivity index (χ0v) is 35.8. The monoisotopic (exact) mass is 877 g/mol. The number of sulfonamides is 1. The Morgan fingerprint density at radius 1 is 0.905 bits per heavy atom. The molecule has 4 aliphatic heterocycles. The van der Waals surface area contributed by atoms with Crippen LogP contribution in [0, 0.1) is 17.6 Å². The van der Waals surface area contributed by atoms with E-state index in [4.69, 9.17) is 0 Å². The molecule has 2 aromatic heterocycles. The standard InChI is InChI=1S/C47H49F2N7O6S/c1-2-21-63(61,62)53-39-10-9-38(48)42(43(39)49)44(58)37-25-51-45-36(37)23-32(24-50-45)29-3-6-34(7-4-29)55-19-13-28(14-20-55)26-54-17-15-30(16-18-54)31-5-8-35-33(22-31)27-56(47(35)60)40-11-12-41(57)52-46(40)59/h3-10,22-25,28,30,40,53H,2,11-21,26-27H2,1H3,(H,50,51)(H,52,57,59)/t40-/m1/s1. The van der Waals surface area contributed by atoms with Crippen LogP contribution in [0.4, 0.5) is 20.2 Å². The number of imide groups is 1. The number of anilines is 2. The van der Waals surface area contributed by atoms with Gasteiger partial charge in [0.25, 0.3) is 5.91 Å². The van der Waals surface area contributed by atoms with Crippen molar-refractivity contribution in [2.45, 2.75) is 70.4 Å². The number of H-pyrrole nitrogens is 1. The molecule has 0 unspecified atom stereocenters. The number of pyridine rings is 1. The normalized spacial score (nSPS) is 19.2. The van der Waals surface area contributed by atoms with Gasteiger partial charge in [0.05, 0.1) is 17.0 Å². The fourth-order valence-corrected chi connectivity index (χ4v) is 10.8. The molecule has 3 N–H and O–H groups in total. The van der Waals surface area contributed by atoms with Gasteiger partial charge < -0.3 is 19.7 Å². The molecule has 16 heteroatoms. The number of ketones is 1. The molecule has 0 bridgehead atoms. The number of likely N-dealkylation sites (tertiary alicyclic amines) is 1. The first kappa shape index (κ1) is 42.3. The van der Waals surface area contributed by atoms with Crippen LogP contribution in [0.1, 0.15) is 95.2 Å². The summed E-state index contributed by atoms with van der Waals surface area (Å²) in [6, 6.07) is 17.3. The molecule has 13 nitrogen and oxygen atoms in total. The zero-order valence-electron chi connectivity index (χ0n) is 35.0.